The molecule has 0 spiro atoms. The molecule has 3 rings (SSSR count). The Kier molecular flexibility index (Phi) is 2.64. The van der Waals surface area contributed by atoms with Crippen LogP contribution >= 0.6 is 11.3 Å². The molecule has 90 valence electrons. The first-order chi connectivity index (χ1) is 8.24. The van der Waals surface area contributed by atoms with Crippen LogP contribution in [0.3, 0.4) is 0 Å². The van der Waals surface area contributed by atoms with Gasteiger partial charge >= 0.3 is 4.94 Å². The highest BCUT2D eigenvalue weighted by atomic mass is 32.1. The Labute approximate surface area is 102 Å². The predicted molar refractivity (Wildman–Crippen MR) is 66.9 cm³/mol. The van der Waals surface area contributed by atoms with Gasteiger partial charge in [-0.1, -0.05) is 11.3 Å². The number of rotatable bonds is 1. The highest BCUT2D eigenvalue weighted by Crippen LogP contribution is 2.35. The minimum absolute atomic E-state index is 0.279. The molecule has 4 nitrogen and oxygen atoms in total. The van der Waals surface area contributed by atoms with E-state index in [2.05, 4.69) is 5.32 Å². The van der Waals surface area contributed by atoms with Gasteiger partial charge in [0.2, 0.25) is 0 Å². The number of hydrogen-bond donors (Lipinski definition) is 2. The normalized spacial score (nSPS) is 17.6. The van der Waals surface area contributed by atoms with Gasteiger partial charge < -0.3 is 14.8 Å². The summed E-state index contributed by atoms with van der Waals surface area (Å²) >= 11 is 1.03. The molecule has 1 saturated heterocycles. The van der Waals surface area contributed by atoms with Crippen molar-refractivity contribution in [3.8, 4) is 5.75 Å². The van der Waals surface area contributed by atoms with Crippen molar-refractivity contribution >= 4 is 21.6 Å². The second kappa shape index (κ2) is 4.16. The Bertz CT molecular complexity index is 595. The van der Waals surface area contributed by atoms with Crippen LogP contribution in [0.5, 0.6) is 5.75 Å². The fourth-order valence-electron chi connectivity index (χ4n) is 2.38. The van der Waals surface area contributed by atoms with Gasteiger partial charge in [0, 0.05) is 11.6 Å². The van der Waals surface area contributed by atoms with Crippen molar-refractivity contribution in [1.29, 1.82) is 0 Å². The maximum Gasteiger partial charge on any atom is 0.396 e. The third-order valence-corrected chi connectivity index (χ3v) is 4.05. The lowest BCUT2D eigenvalue weighted by atomic mass is 9.89. The molecule has 2 heterocycles. The molecule has 17 heavy (non-hydrogen) atoms. The van der Waals surface area contributed by atoms with Gasteiger partial charge in [0.25, 0.3) is 0 Å². The average molecular weight is 251 g/mol. The Hall–Kier alpha value is -1.33. The van der Waals surface area contributed by atoms with E-state index in [9.17, 15) is 9.90 Å². The molecule has 0 unspecified atom stereocenters. The number of phenols is 1. The molecule has 0 aliphatic carbocycles. The van der Waals surface area contributed by atoms with Crippen LogP contribution < -0.4 is 10.3 Å². The lowest BCUT2D eigenvalue weighted by Crippen LogP contribution is -2.26. The molecular weight excluding hydrogens is 238 g/mol. The van der Waals surface area contributed by atoms with Crippen LogP contribution in [0.25, 0.3) is 10.3 Å². The highest BCUT2D eigenvalue weighted by Gasteiger charge is 2.20. The number of nitrogens with one attached hydrogen (secondary N) is 1. The lowest BCUT2D eigenvalue weighted by molar-refractivity contribution is 0.424. The van der Waals surface area contributed by atoms with Crippen LogP contribution in [-0.2, 0) is 0 Å². The summed E-state index contributed by atoms with van der Waals surface area (Å²) in [6, 6.07) is 3.46. The summed E-state index contributed by atoms with van der Waals surface area (Å²) in [5, 5.41) is 13.3. The molecule has 0 saturated carbocycles. The first-order valence-corrected chi connectivity index (χ1v) is 6.53. The molecule has 1 aliphatic rings. The average Bonchev–Trinajstić information content (AvgIpc) is 2.68. The van der Waals surface area contributed by atoms with Crippen molar-refractivity contribution in [2.45, 2.75) is 18.8 Å². The summed E-state index contributed by atoms with van der Waals surface area (Å²) in [6.07, 6.45) is 2.01. The van der Waals surface area contributed by atoms with E-state index in [0.717, 1.165) is 42.8 Å². The zero-order valence-corrected chi connectivity index (χ0v) is 10.0. The quantitative estimate of drug-likeness (QED) is 0.814. The van der Waals surface area contributed by atoms with E-state index in [1.54, 1.807) is 6.07 Å². The first kappa shape index (κ1) is 10.8. The van der Waals surface area contributed by atoms with Crippen LogP contribution in [0, 0.1) is 0 Å². The highest BCUT2D eigenvalue weighted by molar-refractivity contribution is 7.16. The van der Waals surface area contributed by atoms with Gasteiger partial charge in [-0.25, -0.2) is 4.79 Å². The molecule has 2 aromatic rings. The summed E-state index contributed by atoms with van der Waals surface area (Å²) in [5.74, 6) is 0.632. The first-order valence-electron chi connectivity index (χ1n) is 5.71. The smallest absolute Gasteiger partial charge is 0.396 e. The summed E-state index contributed by atoms with van der Waals surface area (Å²) in [4.78, 5) is 10.8. The van der Waals surface area contributed by atoms with Crippen LogP contribution in [-0.4, -0.2) is 18.2 Å². The molecule has 1 aliphatic heterocycles. The van der Waals surface area contributed by atoms with Crippen molar-refractivity contribution in [2.24, 2.45) is 0 Å². The van der Waals surface area contributed by atoms with E-state index >= 15 is 0 Å². The van der Waals surface area contributed by atoms with Crippen molar-refractivity contribution in [3.63, 3.8) is 0 Å². The predicted octanol–water partition coefficient (Wildman–Crippen LogP) is 2.03. The maximum atomic E-state index is 11.1. The number of aromatic hydroxyl groups is 1. The number of benzene rings is 1. The SMILES string of the molecule is O=c1oc2cc(C3CCNCC3)c(O)cc2s1. The van der Waals surface area contributed by atoms with Gasteiger partial charge in [-0.3, -0.25) is 0 Å². The van der Waals surface area contributed by atoms with Gasteiger partial charge in [-0.2, -0.15) is 0 Å². The Morgan fingerprint density at radius 2 is 2.12 bits per heavy atom. The van der Waals surface area contributed by atoms with Gasteiger partial charge in [0.05, 0.1) is 4.70 Å². The van der Waals surface area contributed by atoms with Gasteiger partial charge in [-0.15, -0.1) is 0 Å². The monoisotopic (exact) mass is 251 g/mol. The standard InChI is InChI=1S/C12H13NO3S/c14-9-6-11-10(16-12(15)17-11)5-8(9)7-1-3-13-4-2-7/h5-7,13-14H,1-4H2. The summed E-state index contributed by atoms with van der Waals surface area (Å²) in [5.41, 5.74) is 1.49. The fourth-order valence-corrected chi connectivity index (χ4v) is 3.07. The number of phenolic OH excluding ortho intramolecular Hbond substituents is 1. The number of piperidine rings is 1. The second-order valence-electron chi connectivity index (χ2n) is 4.34. The molecule has 1 aromatic carbocycles. The number of fused-ring (bicyclic) bond motifs is 1. The zero-order valence-electron chi connectivity index (χ0n) is 9.23. The third kappa shape index (κ3) is 1.96. The lowest BCUT2D eigenvalue weighted by Gasteiger charge is -2.23. The van der Waals surface area contributed by atoms with Crippen LogP contribution in [0.1, 0.15) is 24.3 Å². The molecule has 5 heteroatoms. The number of hydrogen-bond acceptors (Lipinski definition) is 5. The minimum atomic E-state index is -0.318. The Morgan fingerprint density at radius 3 is 2.88 bits per heavy atom. The molecule has 1 aromatic heterocycles. The van der Waals surface area contributed by atoms with Crippen LogP contribution in [0.15, 0.2) is 21.3 Å². The van der Waals surface area contributed by atoms with Crippen molar-refractivity contribution in [1.82, 2.24) is 5.32 Å². The van der Waals surface area contributed by atoms with E-state index in [1.165, 1.54) is 0 Å². The summed E-state index contributed by atoms with van der Waals surface area (Å²) in [6.45, 7) is 1.94. The molecule has 0 bridgehead atoms. The van der Waals surface area contributed by atoms with Crippen molar-refractivity contribution < 1.29 is 9.52 Å². The minimum Gasteiger partial charge on any atom is -0.508 e. The zero-order chi connectivity index (χ0) is 11.8. The van der Waals surface area contributed by atoms with Gasteiger partial charge in [-0.05, 0) is 37.9 Å². The topological polar surface area (TPSA) is 62.5 Å². The Morgan fingerprint density at radius 1 is 1.35 bits per heavy atom. The largest absolute Gasteiger partial charge is 0.508 e. The molecular formula is C12H13NO3S. The van der Waals surface area contributed by atoms with E-state index < -0.39 is 0 Å². The fraction of sp³-hybridized carbons (Fsp3) is 0.417. The van der Waals surface area contributed by atoms with E-state index in [1.807, 2.05) is 6.07 Å². The molecule has 1 fully saturated rings. The maximum absolute atomic E-state index is 11.1. The van der Waals surface area contributed by atoms with Crippen molar-refractivity contribution in [3.05, 3.63) is 27.4 Å². The molecule has 2 N–H and O–H groups in total. The van der Waals surface area contributed by atoms with E-state index in [0.29, 0.717) is 16.2 Å². The molecule has 0 atom stereocenters. The molecule has 0 radical (unpaired) electrons. The Balaban J connectivity index is 2.08. The summed E-state index contributed by atoms with van der Waals surface area (Å²) in [7, 11) is 0. The van der Waals surface area contributed by atoms with E-state index in [4.69, 9.17) is 4.42 Å². The van der Waals surface area contributed by atoms with Crippen LogP contribution in [0.2, 0.25) is 0 Å². The van der Waals surface area contributed by atoms with Gasteiger partial charge in [0.15, 0.2) is 0 Å². The summed E-state index contributed by atoms with van der Waals surface area (Å²) < 4.78 is 5.80. The van der Waals surface area contributed by atoms with E-state index in [-0.39, 0.29) is 10.7 Å². The van der Waals surface area contributed by atoms with Crippen LogP contribution in [0.4, 0.5) is 0 Å². The second-order valence-corrected chi connectivity index (χ2v) is 5.31. The molecule has 0 amide bonds. The van der Waals surface area contributed by atoms with Gasteiger partial charge in [0.1, 0.15) is 11.3 Å². The van der Waals surface area contributed by atoms with Crippen molar-refractivity contribution in [2.75, 3.05) is 13.1 Å². The third-order valence-electron chi connectivity index (χ3n) is 3.26.